The molecule has 0 amide bonds. The maximum Gasteiger partial charge on any atom is 0.131 e. The molecule has 84 valence electrons. The number of hydrogen-bond donors (Lipinski definition) is 1. The van der Waals surface area contributed by atoms with E-state index in [4.69, 9.17) is 16.3 Å². The Kier molecular flexibility index (Phi) is 6.12. The summed E-state index contributed by atoms with van der Waals surface area (Å²) < 4.78 is 4.98. The Morgan fingerprint density at radius 2 is 2.27 bits per heavy atom. The minimum Gasteiger partial charge on any atom is -0.385 e. The second kappa shape index (κ2) is 7.49. The number of unbranched alkanes of at least 4 members (excludes halogenated alkanes) is 2. The number of nitrogens with zero attached hydrogens (tertiary/aromatic N) is 1. The number of aromatic nitrogens is 1. The largest absolute Gasteiger partial charge is 0.385 e. The average molecular weight is 229 g/mol. The van der Waals surface area contributed by atoms with E-state index >= 15 is 0 Å². The Bertz CT molecular complexity index is 281. The number of anilines is 1. The highest BCUT2D eigenvalue weighted by Crippen LogP contribution is 2.11. The van der Waals surface area contributed by atoms with Gasteiger partial charge >= 0.3 is 0 Å². The zero-order chi connectivity index (χ0) is 10.9. The lowest BCUT2D eigenvalue weighted by molar-refractivity contribution is 0.192. The van der Waals surface area contributed by atoms with E-state index in [1.807, 2.05) is 12.1 Å². The Morgan fingerprint density at radius 3 is 3.00 bits per heavy atom. The molecule has 15 heavy (non-hydrogen) atoms. The molecule has 1 rings (SSSR count). The Labute approximate surface area is 95.8 Å². The normalized spacial score (nSPS) is 10.3. The lowest BCUT2D eigenvalue weighted by atomic mass is 10.2. The van der Waals surface area contributed by atoms with Gasteiger partial charge in [0.15, 0.2) is 0 Å². The van der Waals surface area contributed by atoms with Crippen molar-refractivity contribution in [2.45, 2.75) is 19.3 Å². The molecule has 1 heterocycles. The molecule has 0 aromatic carbocycles. The second-order valence-corrected chi connectivity index (χ2v) is 3.73. The topological polar surface area (TPSA) is 34.1 Å². The minimum atomic E-state index is 0.527. The monoisotopic (exact) mass is 228 g/mol. The van der Waals surface area contributed by atoms with E-state index in [9.17, 15) is 0 Å². The van der Waals surface area contributed by atoms with Crippen LogP contribution in [0.2, 0.25) is 5.15 Å². The van der Waals surface area contributed by atoms with Gasteiger partial charge in [-0.3, -0.25) is 0 Å². The molecule has 0 saturated carbocycles. The molecule has 0 saturated heterocycles. The molecule has 1 aromatic heterocycles. The summed E-state index contributed by atoms with van der Waals surface area (Å²) in [6, 6.07) is 3.75. The fourth-order valence-electron chi connectivity index (χ4n) is 1.29. The molecule has 0 spiro atoms. The van der Waals surface area contributed by atoms with E-state index in [0.717, 1.165) is 31.7 Å². The molecule has 0 fully saturated rings. The average Bonchev–Trinajstić information content (AvgIpc) is 2.23. The number of halogens is 1. The van der Waals surface area contributed by atoms with E-state index in [-0.39, 0.29) is 0 Å². The number of methoxy groups -OCH3 is 1. The predicted octanol–water partition coefficient (Wildman–Crippen LogP) is 2.96. The first-order chi connectivity index (χ1) is 7.33. The predicted molar refractivity (Wildman–Crippen MR) is 63.5 cm³/mol. The van der Waals surface area contributed by atoms with Gasteiger partial charge in [-0.05, 0) is 31.4 Å². The zero-order valence-corrected chi connectivity index (χ0v) is 9.76. The molecule has 1 aromatic rings. The summed E-state index contributed by atoms with van der Waals surface area (Å²) in [4.78, 5) is 3.92. The summed E-state index contributed by atoms with van der Waals surface area (Å²) in [5.41, 5.74) is 1.03. The van der Waals surface area contributed by atoms with E-state index in [2.05, 4.69) is 10.3 Å². The van der Waals surface area contributed by atoms with Gasteiger partial charge in [0, 0.05) is 32.1 Å². The van der Waals surface area contributed by atoms with Gasteiger partial charge in [0.1, 0.15) is 5.15 Å². The SMILES string of the molecule is COCCCCCNc1ccnc(Cl)c1. The summed E-state index contributed by atoms with van der Waals surface area (Å²) in [5, 5.41) is 3.82. The third-order valence-electron chi connectivity index (χ3n) is 2.08. The van der Waals surface area contributed by atoms with Crippen LogP contribution < -0.4 is 5.32 Å². The molecule has 4 heteroatoms. The van der Waals surface area contributed by atoms with E-state index < -0.39 is 0 Å². The summed E-state index contributed by atoms with van der Waals surface area (Å²) in [5.74, 6) is 0. The van der Waals surface area contributed by atoms with Crippen molar-refractivity contribution < 1.29 is 4.74 Å². The van der Waals surface area contributed by atoms with Crippen LogP contribution in [0.1, 0.15) is 19.3 Å². The van der Waals surface area contributed by atoms with Gasteiger partial charge < -0.3 is 10.1 Å². The third kappa shape index (κ3) is 5.60. The first kappa shape index (κ1) is 12.3. The fraction of sp³-hybridized carbons (Fsp3) is 0.545. The van der Waals surface area contributed by atoms with Gasteiger partial charge in [-0.25, -0.2) is 4.98 Å². The molecule has 0 unspecified atom stereocenters. The molecular weight excluding hydrogens is 212 g/mol. The second-order valence-electron chi connectivity index (χ2n) is 3.35. The highest BCUT2D eigenvalue weighted by atomic mass is 35.5. The molecule has 0 bridgehead atoms. The van der Waals surface area contributed by atoms with Gasteiger partial charge in [0.2, 0.25) is 0 Å². The Balaban J connectivity index is 2.10. The maximum absolute atomic E-state index is 5.76. The summed E-state index contributed by atoms with van der Waals surface area (Å²) in [6.07, 6.45) is 5.15. The quantitative estimate of drug-likeness (QED) is 0.576. The molecule has 0 aliphatic heterocycles. The van der Waals surface area contributed by atoms with Crippen molar-refractivity contribution in [3.05, 3.63) is 23.5 Å². The number of nitrogens with one attached hydrogen (secondary N) is 1. The van der Waals surface area contributed by atoms with Crippen molar-refractivity contribution in [3.8, 4) is 0 Å². The number of rotatable bonds is 7. The molecule has 0 radical (unpaired) electrons. The van der Waals surface area contributed by atoms with Crippen molar-refractivity contribution in [1.82, 2.24) is 4.98 Å². The molecule has 0 aliphatic carbocycles. The number of hydrogen-bond acceptors (Lipinski definition) is 3. The van der Waals surface area contributed by atoms with Crippen molar-refractivity contribution in [2.75, 3.05) is 25.6 Å². The Morgan fingerprint density at radius 1 is 1.40 bits per heavy atom. The van der Waals surface area contributed by atoms with Crippen molar-refractivity contribution in [2.24, 2.45) is 0 Å². The lowest BCUT2D eigenvalue weighted by Crippen LogP contribution is -2.02. The van der Waals surface area contributed by atoms with E-state index in [0.29, 0.717) is 5.15 Å². The van der Waals surface area contributed by atoms with Crippen LogP contribution in [-0.4, -0.2) is 25.2 Å². The summed E-state index contributed by atoms with van der Waals surface area (Å²) >= 11 is 5.76. The van der Waals surface area contributed by atoms with Crippen LogP contribution in [0.15, 0.2) is 18.3 Å². The van der Waals surface area contributed by atoms with Gasteiger partial charge in [-0.2, -0.15) is 0 Å². The van der Waals surface area contributed by atoms with E-state index in [1.54, 1.807) is 13.3 Å². The molecule has 0 aliphatic rings. The smallest absolute Gasteiger partial charge is 0.131 e. The Hall–Kier alpha value is -0.800. The molecule has 3 nitrogen and oxygen atoms in total. The van der Waals surface area contributed by atoms with Crippen molar-refractivity contribution in [3.63, 3.8) is 0 Å². The summed E-state index contributed by atoms with van der Waals surface area (Å²) in [6.45, 7) is 1.81. The van der Waals surface area contributed by atoms with Crippen LogP contribution in [0.5, 0.6) is 0 Å². The number of ether oxygens (including phenoxy) is 1. The minimum absolute atomic E-state index is 0.527. The van der Waals surface area contributed by atoms with Crippen LogP contribution in [0.25, 0.3) is 0 Å². The fourth-order valence-corrected chi connectivity index (χ4v) is 1.47. The third-order valence-corrected chi connectivity index (χ3v) is 2.29. The van der Waals surface area contributed by atoms with Gasteiger partial charge in [-0.1, -0.05) is 11.6 Å². The van der Waals surface area contributed by atoms with Crippen LogP contribution in [0.4, 0.5) is 5.69 Å². The standard InChI is InChI=1S/C11H17ClN2O/c1-15-8-4-2-3-6-13-10-5-7-14-11(12)9-10/h5,7,9H,2-4,6,8H2,1H3,(H,13,14). The van der Waals surface area contributed by atoms with Crippen LogP contribution in [0, 0.1) is 0 Å². The highest BCUT2D eigenvalue weighted by molar-refractivity contribution is 6.29. The maximum atomic E-state index is 5.76. The van der Waals surface area contributed by atoms with Crippen molar-refractivity contribution >= 4 is 17.3 Å². The van der Waals surface area contributed by atoms with Crippen LogP contribution >= 0.6 is 11.6 Å². The van der Waals surface area contributed by atoms with Gasteiger partial charge in [-0.15, -0.1) is 0 Å². The van der Waals surface area contributed by atoms with E-state index in [1.165, 1.54) is 6.42 Å². The van der Waals surface area contributed by atoms with Gasteiger partial charge in [0.05, 0.1) is 0 Å². The highest BCUT2D eigenvalue weighted by Gasteiger charge is 1.93. The van der Waals surface area contributed by atoms with Crippen molar-refractivity contribution in [1.29, 1.82) is 0 Å². The summed E-state index contributed by atoms with van der Waals surface area (Å²) in [7, 11) is 1.73. The molecular formula is C11H17ClN2O. The zero-order valence-electron chi connectivity index (χ0n) is 9.00. The number of pyridine rings is 1. The molecule has 0 atom stereocenters. The lowest BCUT2D eigenvalue weighted by Gasteiger charge is -2.05. The molecule has 1 N–H and O–H groups in total. The van der Waals surface area contributed by atoms with Gasteiger partial charge in [0.25, 0.3) is 0 Å². The first-order valence-corrected chi connectivity index (χ1v) is 5.55. The van der Waals surface area contributed by atoms with Crippen LogP contribution in [-0.2, 0) is 4.74 Å². The van der Waals surface area contributed by atoms with Crippen LogP contribution in [0.3, 0.4) is 0 Å². The first-order valence-electron chi connectivity index (χ1n) is 5.17.